The van der Waals surface area contributed by atoms with Crippen LogP contribution < -0.4 is 0 Å². The molecule has 0 N–H and O–H groups in total. The van der Waals surface area contributed by atoms with Gasteiger partial charge in [0.15, 0.2) is 0 Å². The van der Waals surface area contributed by atoms with E-state index in [1.165, 1.54) is 0 Å². The van der Waals surface area contributed by atoms with Gasteiger partial charge < -0.3 is 14.4 Å². The quantitative estimate of drug-likeness (QED) is 0.426. The van der Waals surface area contributed by atoms with E-state index in [4.69, 9.17) is 14.4 Å². The molecule has 0 saturated carbocycles. The van der Waals surface area contributed by atoms with Crippen molar-refractivity contribution in [3.05, 3.63) is 0 Å². The molecular formula is C21H30N2O9. The van der Waals surface area contributed by atoms with Crippen LogP contribution in [0.5, 0.6) is 0 Å². The number of carbonyl (C=O) groups is 6. The van der Waals surface area contributed by atoms with Crippen molar-refractivity contribution in [2.45, 2.75) is 84.7 Å². The molecule has 2 fully saturated rings. The van der Waals surface area contributed by atoms with Crippen molar-refractivity contribution in [1.29, 1.82) is 0 Å². The van der Waals surface area contributed by atoms with Crippen LogP contribution in [0.3, 0.4) is 0 Å². The average molecular weight is 454 g/mol. The molecule has 2 heterocycles. The molecule has 178 valence electrons. The maximum absolute atomic E-state index is 12.4. The molecule has 0 spiro atoms. The zero-order chi connectivity index (χ0) is 24.1. The van der Waals surface area contributed by atoms with Gasteiger partial charge in [0, 0.05) is 32.3 Å². The molecule has 0 radical (unpaired) electrons. The molecule has 0 aromatic rings. The van der Waals surface area contributed by atoms with Crippen LogP contribution in [0.25, 0.3) is 0 Å². The van der Waals surface area contributed by atoms with Crippen molar-refractivity contribution in [3.8, 4) is 0 Å². The second-order valence-electron chi connectivity index (χ2n) is 8.79. The molecule has 1 unspecified atom stereocenters. The third kappa shape index (κ3) is 6.35. The van der Waals surface area contributed by atoms with Crippen LogP contribution in [-0.4, -0.2) is 57.9 Å². The standard InChI is InChI=1S/C21H30N2O9/c1-5-21(4,11-10-18(28)31-22-14(24)6-7-15(22)25)30-13-12-20(2,3)19(29)32-23-16(26)8-9-17(23)27/h5-13H2,1-4H3. The number of hydrogen-bond donors (Lipinski definition) is 0. The van der Waals surface area contributed by atoms with Crippen molar-refractivity contribution in [2.24, 2.45) is 5.41 Å². The lowest BCUT2D eigenvalue weighted by Gasteiger charge is -2.31. The molecule has 2 aliphatic rings. The van der Waals surface area contributed by atoms with Gasteiger partial charge in [0.1, 0.15) is 0 Å². The highest BCUT2D eigenvalue weighted by molar-refractivity contribution is 6.02. The van der Waals surface area contributed by atoms with Crippen LogP contribution >= 0.6 is 0 Å². The zero-order valence-corrected chi connectivity index (χ0v) is 18.9. The van der Waals surface area contributed by atoms with Crippen LogP contribution in [0.15, 0.2) is 0 Å². The summed E-state index contributed by atoms with van der Waals surface area (Å²) >= 11 is 0. The van der Waals surface area contributed by atoms with Gasteiger partial charge in [0.2, 0.25) is 0 Å². The Morgan fingerprint density at radius 1 is 0.812 bits per heavy atom. The number of nitrogens with zero attached hydrogens (tertiary/aromatic N) is 2. The van der Waals surface area contributed by atoms with Crippen molar-refractivity contribution in [1.82, 2.24) is 10.1 Å². The van der Waals surface area contributed by atoms with Gasteiger partial charge in [-0.1, -0.05) is 6.92 Å². The van der Waals surface area contributed by atoms with E-state index < -0.39 is 46.6 Å². The molecule has 2 saturated heterocycles. The molecule has 0 aromatic heterocycles. The molecular weight excluding hydrogens is 424 g/mol. The van der Waals surface area contributed by atoms with Gasteiger partial charge in [-0.3, -0.25) is 19.2 Å². The van der Waals surface area contributed by atoms with Crippen LogP contribution in [0.1, 0.15) is 79.1 Å². The first kappa shape index (κ1) is 25.4. The normalized spacial score (nSPS) is 18.9. The van der Waals surface area contributed by atoms with Gasteiger partial charge >= 0.3 is 11.9 Å². The fourth-order valence-corrected chi connectivity index (χ4v) is 3.04. The largest absolute Gasteiger partial charge is 0.375 e. The smallest absolute Gasteiger partial charge is 0.338 e. The van der Waals surface area contributed by atoms with Crippen molar-refractivity contribution in [3.63, 3.8) is 0 Å². The van der Waals surface area contributed by atoms with Crippen molar-refractivity contribution >= 4 is 35.6 Å². The highest BCUT2D eigenvalue weighted by atomic mass is 16.7. The topological polar surface area (TPSA) is 137 Å². The average Bonchev–Trinajstić information content (AvgIpc) is 3.22. The Kier molecular flexibility index (Phi) is 8.11. The number of hydrogen-bond acceptors (Lipinski definition) is 9. The van der Waals surface area contributed by atoms with Crippen LogP contribution in [0, 0.1) is 5.41 Å². The van der Waals surface area contributed by atoms with E-state index in [9.17, 15) is 28.8 Å². The first-order valence-corrected chi connectivity index (χ1v) is 10.7. The van der Waals surface area contributed by atoms with E-state index in [0.29, 0.717) is 16.5 Å². The van der Waals surface area contributed by atoms with E-state index in [1.807, 2.05) is 6.92 Å². The lowest BCUT2D eigenvalue weighted by molar-refractivity contribution is -0.205. The molecule has 2 rings (SSSR count). The second kappa shape index (κ2) is 10.2. The minimum Gasteiger partial charge on any atom is -0.375 e. The Bertz CT molecular complexity index is 775. The molecule has 0 aliphatic carbocycles. The summed E-state index contributed by atoms with van der Waals surface area (Å²) in [6, 6.07) is 0. The minimum atomic E-state index is -1.02. The summed E-state index contributed by atoms with van der Waals surface area (Å²) in [7, 11) is 0. The molecule has 11 heteroatoms. The fourth-order valence-electron chi connectivity index (χ4n) is 3.04. The van der Waals surface area contributed by atoms with E-state index >= 15 is 0 Å². The number of rotatable bonds is 11. The predicted molar refractivity (Wildman–Crippen MR) is 107 cm³/mol. The summed E-state index contributed by atoms with van der Waals surface area (Å²) < 4.78 is 5.93. The van der Waals surface area contributed by atoms with Crippen molar-refractivity contribution in [2.75, 3.05) is 6.61 Å². The molecule has 11 nitrogen and oxygen atoms in total. The number of hydroxylamine groups is 4. The lowest BCUT2D eigenvalue weighted by Crippen LogP contribution is -2.39. The molecule has 32 heavy (non-hydrogen) atoms. The SMILES string of the molecule is CCC(C)(CCC(=O)ON1C(=O)CCC1=O)OCCC(C)(C)C(=O)ON1C(=O)CCC1=O. The lowest BCUT2D eigenvalue weighted by atomic mass is 9.89. The summed E-state index contributed by atoms with van der Waals surface area (Å²) in [6.45, 7) is 7.08. The maximum Gasteiger partial charge on any atom is 0.338 e. The minimum absolute atomic E-state index is 0.0209. The number of imide groups is 2. The highest BCUT2D eigenvalue weighted by Crippen LogP contribution is 2.28. The van der Waals surface area contributed by atoms with Crippen LogP contribution in [-0.2, 0) is 43.2 Å². The Morgan fingerprint density at radius 3 is 1.75 bits per heavy atom. The Hall–Kier alpha value is -2.82. The second-order valence-corrected chi connectivity index (χ2v) is 8.79. The Morgan fingerprint density at radius 2 is 1.28 bits per heavy atom. The molecule has 4 amide bonds. The fraction of sp³-hybridized carbons (Fsp3) is 0.714. The molecule has 0 bridgehead atoms. The van der Waals surface area contributed by atoms with Gasteiger partial charge in [-0.15, -0.1) is 10.1 Å². The summed E-state index contributed by atoms with van der Waals surface area (Å²) in [4.78, 5) is 80.7. The molecule has 2 aliphatic heterocycles. The highest BCUT2D eigenvalue weighted by Gasteiger charge is 2.38. The van der Waals surface area contributed by atoms with Crippen LogP contribution in [0.4, 0.5) is 0 Å². The Labute approximate surface area is 186 Å². The number of carbonyl (C=O) groups excluding carboxylic acids is 6. The Balaban J connectivity index is 1.80. The van der Waals surface area contributed by atoms with Crippen LogP contribution in [0.2, 0.25) is 0 Å². The first-order chi connectivity index (χ1) is 14.9. The van der Waals surface area contributed by atoms with E-state index in [2.05, 4.69) is 0 Å². The number of amides is 4. The zero-order valence-electron chi connectivity index (χ0n) is 18.9. The van der Waals surface area contributed by atoms with Gasteiger partial charge in [-0.05, 0) is 40.0 Å². The van der Waals surface area contributed by atoms with Gasteiger partial charge in [-0.25, -0.2) is 9.59 Å². The van der Waals surface area contributed by atoms with Crippen molar-refractivity contribution < 1.29 is 43.2 Å². The monoisotopic (exact) mass is 454 g/mol. The number of ether oxygens (including phenoxy) is 1. The predicted octanol–water partition coefficient (Wildman–Crippen LogP) is 1.58. The van der Waals surface area contributed by atoms with E-state index in [1.54, 1.807) is 20.8 Å². The summed E-state index contributed by atoms with van der Waals surface area (Å²) in [5.74, 6) is -3.59. The van der Waals surface area contributed by atoms with Gasteiger partial charge in [-0.2, -0.15) is 0 Å². The first-order valence-electron chi connectivity index (χ1n) is 10.7. The summed E-state index contributed by atoms with van der Waals surface area (Å²) in [5.41, 5.74) is -1.73. The van der Waals surface area contributed by atoms with Gasteiger partial charge in [0.05, 0.1) is 17.4 Å². The third-order valence-electron chi connectivity index (χ3n) is 5.71. The summed E-state index contributed by atoms with van der Waals surface area (Å²) in [6.07, 6.45) is 1.12. The third-order valence-corrected chi connectivity index (χ3v) is 5.71. The summed E-state index contributed by atoms with van der Waals surface area (Å²) in [5, 5.41) is 1.03. The molecule has 0 aromatic carbocycles. The van der Waals surface area contributed by atoms with E-state index in [-0.39, 0.29) is 51.6 Å². The van der Waals surface area contributed by atoms with E-state index in [0.717, 1.165) is 0 Å². The van der Waals surface area contributed by atoms with Gasteiger partial charge in [0.25, 0.3) is 23.6 Å². The molecule has 1 atom stereocenters. The maximum atomic E-state index is 12.4.